The number of sulfonamides is 1. The maximum Gasteiger partial charge on any atom is 0.255 e. The summed E-state index contributed by atoms with van der Waals surface area (Å²) in [5.74, 6) is -0.275. The summed E-state index contributed by atoms with van der Waals surface area (Å²) in [6, 6.07) is 16.7. The average Bonchev–Trinajstić information content (AvgIpc) is 2.88. The van der Waals surface area contributed by atoms with Gasteiger partial charge >= 0.3 is 0 Å². The van der Waals surface area contributed by atoms with E-state index in [1.807, 2.05) is 45.0 Å². The van der Waals surface area contributed by atoms with E-state index in [-0.39, 0.29) is 34.6 Å². The number of piperidine rings is 1. The highest BCUT2D eigenvalue weighted by atomic mass is 32.2. The van der Waals surface area contributed by atoms with E-state index in [9.17, 15) is 18.0 Å². The first kappa shape index (κ1) is 27.8. The highest BCUT2D eigenvalue weighted by Crippen LogP contribution is 2.32. The second-order valence-electron chi connectivity index (χ2n) is 10.4. The van der Waals surface area contributed by atoms with Crippen LogP contribution < -0.4 is 15.8 Å². The topological polar surface area (TPSA) is 122 Å². The second kappa shape index (κ2) is 11.2. The molecule has 0 saturated carbocycles. The number of fused-ring (bicyclic) bond motifs is 1. The van der Waals surface area contributed by atoms with Crippen LogP contribution >= 0.6 is 0 Å². The van der Waals surface area contributed by atoms with Gasteiger partial charge in [-0.05, 0) is 55.9 Å². The number of hydrogen-bond donors (Lipinski definition) is 3. The van der Waals surface area contributed by atoms with E-state index >= 15 is 0 Å². The van der Waals surface area contributed by atoms with Crippen molar-refractivity contribution in [1.82, 2.24) is 9.62 Å². The number of nitrogens with zero attached hydrogens (tertiary/aromatic N) is 1. The normalized spacial score (nSPS) is 18.9. The number of hydrogen-bond acceptors (Lipinski definition) is 5. The number of nitrogens with one attached hydrogen (secondary N) is 2. The van der Waals surface area contributed by atoms with Crippen LogP contribution in [0.1, 0.15) is 43.1 Å². The van der Waals surface area contributed by atoms with Crippen LogP contribution in [0.25, 0.3) is 10.8 Å². The van der Waals surface area contributed by atoms with Gasteiger partial charge in [-0.25, -0.2) is 13.1 Å². The van der Waals surface area contributed by atoms with Crippen molar-refractivity contribution >= 4 is 38.3 Å². The van der Waals surface area contributed by atoms with Crippen molar-refractivity contribution in [2.24, 2.45) is 17.6 Å². The molecule has 0 bridgehead atoms. The van der Waals surface area contributed by atoms with E-state index in [2.05, 4.69) is 10.0 Å². The zero-order valence-corrected chi connectivity index (χ0v) is 23.1. The molecule has 0 aromatic heterocycles. The summed E-state index contributed by atoms with van der Waals surface area (Å²) in [6.07, 6.45) is 0.503. The van der Waals surface area contributed by atoms with Crippen molar-refractivity contribution in [2.45, 2.75) is 51.1 Å². The number of likely N-dealkylation sites (tertiary alicyclic amines) is 1. The van der Waals surface area contributed by atoms with E-state index in [1.54, 1.807) is 42.2 Å². The number of nitrogens with two attached hydrogens (primary N) is 1. The Labute approximate surface area is 224 Å². The molecule has 3 unspecified atom stereocenters. The highest BCUT2D eigenvalue weighted by Gasteiger charge is 2.36. The second-order valence-corrected chi connectivity index (χ2v) is 12.1. The summed E-state index contributed by atoms with van der Waals surface area (Å²) >= 11 is 0. The molecule has 2 amide bonds. The van der Waals surface area contributed by atoms with Gasteiger partial charge in [-0.1, -0.05) is 56.3 Å². The molecule has 0 radical (unpaired) electrons. The van der Waals surface area contributed by atoms with Gasteiger partial charge in [0.25, 0.3) is 5.91 Å². The predicted molar refractivity (Wildman–Crippen MR) is 150 cm³/mol. The molecule has 1 saturated heterocycles. The molecule has 1 aliphatic heterocycles. The summed E-state index contributed by atoms with van der Waals surface area (Å²) in [4.78, 5) is 27.3. The first-order chi connectivity index (χ1) is 18.0. The Morgan fingerprint density at radius 2 is 1.63 bits per heavy atom. The van der Waals surface area contributed by atoms with Crippen molar-refractivity contribution in [1.29, 1.82) is 0 Å². The van der Waals surface area contributed by atoms with Gasteiger partial charge in [-0.2, -0.15) is 0 Å². The number of amides is 2. The molecule has 0 aliphatic carbocycles. The highest BCUT2D eigenvalue weighted by molar-refractivity contribution is 7.89. The van der Waals surface area contributed by atoms with Gasteiger partial charge in [0.2, 0.25) is 15.9 Å². The Morgan fingerprint density at radius 3 is 2.29 bits per heavy atom. The largest absolute Gasteiger partial charge is 0.341 e. The third kappa shape index (κ3) is 5.75. The first-order valence-electron chi connectivity index (χ1n) is 12.9. The van der Waals surface area contributed by atoms with Crippen molar-refractivity contribution in [3.05, 3.63) is 71.8 Å². The molecule has 3 aromatic carbocycles. The van der Waals surface area contributed by atoms with Crippen LogP contribution in [-0.4, -0.2) is 50.3 Å². The van der Waals surface area contributed by atoms with Crippen LogP contribution in [-0.2, 0) is 14.8 Å². The molecule has 4 N–H and O–H groups in total. The Bertz CT molecular complexity index is 1450. The van der Waals surface area contributed by atoms with Crippen molar-refractivity contribution in [3.8, 4) is 0 Å². The van der Waals surface area contributed by atoms with Crippen LogP contribution in [0.3, 0.4) is 0 Å². The minimum atomic E-state index is -3.90. The molecule has 1 heterocycles. The zero-order valence-electron chi connectivity index (χ0n) is 22.3. The maximum absolute atomic E-state index is 13.7. The fourth-order valence-electron chi connectivity index (χ4n) is 5.19. The quantitative estimate of drug-likeness (QED) is 0.423. The van der Waals surface area contributed by atoms with Gasteiger partial charge in [0.05, 0.1) is 10.9 Å². The summed E-state index contributed by atoms with van der Waals surface area (Å²) in [7, 11) is -3.90. The molecule has 1 aliphatic rings. The molecule has 9 heteroatoms. The number of rotatable bonds is 7. The molecule has 3 aromatic rings. The fourth-order valence-corrected chi connectivity index (χ4v) is 6.72. The van der Waals surface area contributed by atoms with E-state index in [0.717, 1.165) is 5.56 Å². The molecule has 4 rings (SSSR count). The summed E-state index contributed by atoms with van der Waals surface area (Å²) in [5.41, 5.74) is 7.76. The molecular formula is C29H36N4O4S. The predicted octanol–water partition coefficient (Wildman–Crippen LogP) is 3.90. The molecule has 8 nitrogen and oxygen atoms in total. The third-order valence-electron chi connectivity index (χ3n) is 7.33. The lowest BCUT2D eigenvalue weighted by Crippen LogP contribution is -2.56. The lowest BCUT2D eigenvalue weighted by molar-refractivity contribution is -0.134. The SMILES string of the molecule is Cc1ccccc1C(=O)Nc1ccc(S(=O)(=O)NC2CCN(C(=O)C(C)N)CC2C(C)C)c2ccccc12. The van der Waals surface area contributed by atoms with Crippen LogP contribution in [0, 0.1) is 18.8 Å². The standard InChI is InChI=1S/C29H36N4O4S/c1-18(2)24-17-33(29(35)20(4)30)16-15-26(24)32-38(36,37)27-14-13-25(22-11-7-8-12-23(22)27)31-28(34)21-10-6-5-9-19(21)3/h5-14,18,20,24,26,32H,15-17,30H2,1-4H3,(H,31,34). The van der Waals surface area contributed by atoms with E-state index in [0.29, 0.717) is 41.5 Å². The van der Waals surface area contributed by atoms with E-state index in [4.69, 9.17) is 5.73 Å². The number of aryl methyl sites for hydroxylation is 1. The zero-order chi connectivity index (χ0) is 27.6. The Morgan fingerprint density at radius 1 is 0.974 bits per heavy atom. The van der Waals surface area contributed by atoms with Crippen molar-refractivity contribution in [3.63, 3.8) is 0 Å². The average molecular weight is 537 g/mol. The molecule has 3 atom stereocenters. The molecule has 0 spiro atoms. The van der Waals surface area contributed by atoms with E-state index in [1.165, 1.54) is 6.07 Å². The van der Waals surface area contributed by atoms with Crippen LogP contribution in [0.2, 0.25) is 0 Å². The number of carbonyl (C=O) groups is 2. The van der Waals surface area contributed by atoms with Gasteiger partial charge < -0.3 is 16.0 Å². The van der Waals surface area contributed by atoms with Gasteiger partial charge in [0.1, 0.15) is 0 Å². The molecular weight excluding hydrogens is 500 g/mol. The Kier molecular flexibility index (Phi) is 8.20. The van der Waals surface area contributed by atoms with Crippen molar-refractivity contribution < 1.29 is 18.0 Å². The summed E-state index contributed by atoms with van der Waals surface area (Å²) < 4.78 is 30.3. The van der Waals surface area contributed by atoms with Gasteiger partial charge in [0.15, 0.2) is 0 Å². The molecule has 1 fully saturated rings. The molecule has 38 heavy (non-hydrogen) atoms. The van der Waals surface area contributed by atoms with Gasteiger partial charge in [-0.15, -0.1) is 0 Å². The molecule has 202 valence electrons. The monoisotopic (exact) mass is 536 g/mol. The lowest BCUT2D eigenvalue weighted by atomic mass is 9.84. The minimum Gasteiger partial charge on any atom is -0.341 e. The summed E-state index contributed by atoms with van der Waals surface area (Å²) in [6.45, 7) is 8.51. The number of anilines is 1. The lowest BCUT2D eigenvalue weighted by Gasteiger charge is -2.41. The Hall–Kier alpha value is -3.27. The van der Waals surface area contributed by atoms with Crippen molar-refractivity contribution in [2.75, 3.05) is 18.4 Å². The Balaban J connectivity index is 1.62. The van der Waals surface area contributed by atoms with Gasteiger partial charge in [-0.3, -0.25) is 9.59 Å². The van der Waals surface area contributed by atoms with Crippen LogP contribution in [0.4, 0.5) is 5.69 Å². The number of carbonyl (C=O) groups excluding carboxylic acids is 2. The van der Waals surface area contributed by atoms with Crippen LogP contribution in [0.15, 0.2) is 65.6 Å². The minimum absolute atomic E-state index is 0.0554. The number of benzene rings is 3. The van der Waals surface area contributed by atoms with Crippen LogP contribution in [0.5, 0.6) is 0 Å². The van der Waals surface area contributed by atoms with E-state index < -0.39 is 16.1 Å². The smallest absolute Gasteiger partial charge is 0.255 e. The third-order valence-corrected chi connectivity index (χ3v) is 8.88. The fraction of sp³-hybridized carbons (Fsp3) is 0.379. The van der Waals surface area contributed by atoms with Gasteiger partial charge in [0, 0.05) is 41.2 Å². The first-order valence-corrected chi connectivity index (χ1v) is 14.4. The maximum atomic E-state index is 13.7. The summed E-state index contributed by atoms with van der Waals surface area (Å²) in [5, 5.41) is 4.10.